The van der Waals surface area contributed by atoms with E-state index in [4.69, 9.17) is 0 Å². The number of hydrogen-bond donors (Lipinski definition) is 0. The van der Waals surface area contributed by atoms with E-state index in [-0.39, 0.29) is 5.12 Å². The van der Waals surface area contributed by atoms with Crippen LogP contribution in [0.25, 0.3) is 0 Å². The molecule has 86 valence electrons. The highest BCUT2D eigenvalue weighted by atomic mass is 32.2. The van der Waals surface area contributed by atoms with Crippen LogP contribution < -0.4 is 0 Å². The molecule has 0 aromatic heterocycles. The van der Waals surface area contributed by atoms with Crippen LogP contribution in [0.2, 0.25) is 0 Å². The second-order valence-electron chi connectivity index (χ2n) is 3.43. The maximum absolute atomic E-state index is 11.4. The Morgan fingerprint density at radius 2 is 1.47 bits per heavy atom. The largest absolute Gasteiger partial charge is 0.282 e. The lowest BCUT2D eigenvalue weighted by atomic mass is 10.2. The van der Waals surface area contributed by atoms with Crippen molar-refractivity contribution in [2.45, 2.75) is 9.79 Å². The first-order valence-electron chi connectivity index (χ1n) is 5.21. The van der Waals surface area contributed by atoms with Gasteiger partial charge in [-0.2, -0.15) is 0 Å². The molecule has 0 atom stereocenters. The highest BCUT2D eigenvalue weighted by Crippen LogP contribution is 2.27. The number of hydrogen-bond acceptors (Lipinski definition) is 3. The Hall–Kier alpha value is -1.19. The lowest BCUT2D eigenvalue weighted by Crippen LogP contribution is -1.90. The molecule has 0 N–H and O–H groups in total. The monoisotopic (exact) mass is 260 g/mol. The van der Waals surface area contributed by atoms with Gasteiger partial charge in [-0.15, -0.1) is 0 Å². The van der Waals surface area contributed by atoms with Crippen molar-refractivity contribution in [3.05, 3.63) is 60.2 Å². The zero-order valence-electron chi connectivity index (χ0n) is 9.42. The SMILES string of the molecule is CSC(=O)c1ccc(Sc2ccccc2)cc1. The molecule has 2 rings (SSSR count). The third-order valence-corrected chi connectivity index (χ3v) is 3.88. The van der Waals surface area contributed by atoms with E-state index in [1.807, 2.05) is 42.5 Å². The molecule has 0 aliphatic carbocycles. The molecular weight excluding hydrogens is 248 g/mol. The molecule has 0 aliphatic heterocycles. The van der Waals surface area contributed by atoms with E-state index in [2.05, 4.69) is 12.1 Å². The predicted octanol–water partition coefficient (Wildman–Crippen LogP) is 4.34. The summed E-state index contributed by atoms with van der Waals surface area (Å²) in [6, 6.07) is 17.9. The van der Waals surface area contributed by atoms with Gasteiger partial charge in [0.1, 0.15) is 0 Å². The summed E-state index contributed by atoms with van der Waals surface area (Å²) in [5, 5.41) is 0.112. The minimum atomic E-state index is 0.112. The number of carbonyl (C=O) groups excluding carboxylic acids is 1. The molecule has 3 heteroatoms. The minimum Gasteiger partial charge on any atom is -0.282 e. The van der Waals surface area contributed by atoms with Gasteiger partial charge >= 0.3 is 0 Å². The van der Waals surface area contributed by atoms with Crippen LogP contribution in [0, 0.1) is 0 Å². The Kier molecular flexibility index (Phi) is 4.29. The third kappa shape index (κ3) is 3.38. The summed E-state index contributed by atoms with van der Waals surface area (Å²) in [5.74, 6) is 0. The van der Waals surface area contributed by atoms with Crippen LogP contribution in [0.3, 0.4) is 0 Å². The van der Waals surface area contributed by atoms with Gasteiger partial charge in [0.05, 0.1) is 0 Å². The van der Waals surface area contributed by atoms with E-state index in [1.54, 1.807) is 18.0 Å². The maximum atomic E-state index is 11.4. The molecule has 0 unspecified atom stereocenters. The highest BCUT2D eigenvalue weighted by molar-refractivity contribution is 8.13. The molecular formula is C14H12OS2. The Labute approximate surface area is 110 Å². The van der Waals surface area contributed by atoms with Crippen molar-refractivity contribution >= 4 is 28.6 Å². The number of benzene rings is 2. The Bertz CT molecular complexity index is 491. The summed E-state index contributed by atoms with van der Waals surface area (Å²) in [6.07, 6.45) is 1.80. The molecule has 0 fully saturated rings. The van der Waals surface area contributed by atoms with Crippen molar-refractivity contribution in [3.8, 4) is 0 Å². The molecule has 0 aliphatic rings. The number of thioether (sulfide) groups is 1. The van der Waals surface area contributed by atoms with Crippen LogP contribution in [0.15, 0.2) is 64.4 Å². The Morgan fingerprint density at radius 1 is 0.882 bits per heavy atom. The Balaban J connectivity index is 2.11. The molecule has 0 heterocycles. The van der Waals surface area contributed by atoms with Gasteiger partial charge in [0.2, 0.25) is 5.12 Å². The average Bonchev–Trinajstić information content (AvgIpc) is 2.40. The second-order valence-corrected chi connectivity index (χ2v) is 5.36. The summed E-state index contributed by atoms with van der Waals surface area (Å²) in [6.45, 7) is 0. The van der Waals surface area contributed by atoms with Crippen LogP contribution in [0.4, 0.5) is 0 Å². The summed E-state index contributed by atoms with van der Waals surface area (Å²) in [4.78, 5) is 13.8. The molecule has 0 spiro atoms. The molecule has 0 bridgehead atoms. The fraction of sp³-hybridized carbons (Fsp3) is 0.0714. The average molecular weight is 260 g/mol. The van der Waals surface area contributed by atoms with Crippen molar-refractivity contribution in [1.29, 1.82) is 0 Å². The summed E-state index contributed by atoms with van der Waals surface area (Å²) in [5.41, 5.74) is 0.759. The van der Waals surface area contributed by atoms with E-state index in [1.165, 1.54) is 16.7 Å². The van der Waals surface area contributed by atoms with Crippen LogP contribution >= 0.6 is 23.5 Å². The van der Waals surface area contributed by atoms with E-state index in [9.17, 15) is 4.79 Å². The first-order chi connectivity index (χ1) is 8.29. The lowest BCUT2D eigenvalue weighted by molar-refractivity contribution is 0.108. The fourth-order valence-corrected chi connectivity index (χ4v) is 2.61. The van der Waals surface area contributed by atoms with Crippen molar-refractivity contribution in [2.24, 2.45) is 0 Å². The van der Waals surface area contributed by atoms with E-state index < -0.39 is 0 Å². The summed E-state index contributed by atoms with van der Waals surface area (Å²) >= 11 is 2.94. The van der Waals surface area contributed by atoms with Crippen LogP contribution in [0.5, 0.6) is 0 Å². The summed E-state index contributed by atoms with van der Waals surface area (Å²) in [7, 11) is 0. The molecule has 0 radical (unpaired) electrons. The van der Waals surface area contributed by atoms with Crippen molar-refractivity contribution in [2.75, 3.05) is 6.26 Å². The summed E-state index contributed by atoms with van der Waals surface area (Å²) < 4.78 is 0. The second kappa shape index (κ2) is 5.94. The molecule has 0 saturated heterocycles. The van der Waals surface area contributed by atoms with Crippen LogP contribution in [-0.4, -0.2) is 11.4 Å². The van der Waals surface area contributed by atoms with Gasteiger partial charge in [0.15, 0.2) is 0 Å². The molecule has 17 heavy (non-hydrogen) atoms. The van der Waals surface area contributed by atoms with Gasteiger partial charge in [-0.1, -0.05) is 41.7 Å². The first-order valence-corrected chi connectivity index (χ1v) is 7.25. The molecule has 2 aromatic carbocycles. The van der Waals surface area contributed by atoms with Crippen LogP contribution in [0.1, 0.15) is 10.4 Å². The number of carbonyl (C=O) groups is 1. The third-order valence-electron chi connectivity index (χ3n) is 2.25. The van der Waals surface area contributed by atoms with E-state index in [0.717, 1.165) is 10.5 Å². The first kappa shape index (κ1) is 12.3. The zero-order valence-corrected chi connectivity index (χ0v) is 11.1. The molecule has 0 amide bonds. The lowest BCUT2D eigenvalue weighted by Gasteiger charge is -2.02. The molecule has 2 aromatic rings. The van der Waals surface area contributed by atoms with E-state index in [0.29, 0.717) is 0 Å². The van der Waals surface area contributed by atoms with Gasteiger partial charge < -0.3 is 0 Å². The van der Waals surface area contributed by atoms with Crippen molar-refractivity contribution in [3.63, 3.8) is 0 Å². The Morgan fingerprint density at radius 3 is 2.06 bits per heavy atom. The highest BCUT2D eigenvalue weighted by Gasteiger charge is 2.03. The quantitative estimate of drug-likeness (QED) is 0.817. The zero-order chi connectivity index (χ0) is 12.1. The van der Waals surface area contributed by atoms with Crippen LogP contribution in [-0.2, 0) is 0 Å². The van der Waals surface area contributed by atoms with Gasteiger partial charge in [0.25, 0.3) is 0 Å². The molecule has 0 saturated carbocycles. The standard InChI is InChI=1S/C14H12OS2/c1-16-14(15)11-7-9-13(10-8-11)17-12-5-3-2-4-6-12/h2-10H,1H3. The minimum absolute atomic E-state index is 0.112. The van der Waals surface area contributed by atoms with Gasteiger partial charge in [-0.05, 0) is 42.7 Å². The normalized spacial score (nSPS) is 10.2. The van der Waals surface area contributed by atoms with E-state index >= 15 is 0 Å². The van der Waals surface area contributed by atoms with Gasteiger partial charge in [-0.3, -0.25) is 4.79 Å². The fourth-order valence-electron chi connectivity index (χ4n) is 1.40. The molecule has 1 nitrogen and oxygen atoms in total. The predicted molar refractivity (Wildman–Crippen MR) is 74.9 cm³/mol. The van der Waals surface area contributed by atoms with Crippen molar-refractivity contribution < 1.29 is 4.79 Å². The van der Waals surface area contributed by atoms with Gasteiger partial charge in [0, 0.05) is 15.4 Å². The van der Waals surface area contributed by atoms with Gasteiger partial charge in [-0.25, -0.2) is 0 Å². The topological polar surface area (TPSA) is 17.1 Å². The maximum Gasteiger partial charge on any atom is 0.219 e. The smallest absolute Gasteiger partial charge is 0.219 e. The van der Waals surface area contributed by atoms with Crippen molar-refractivity contribution in [1.82, 2.24) is 0 Å². The number of rotatable bonds is 3.